The van der Waals surface area contributed by atoms with Crippen molar-refractivity contribution in [3.05, 3.63) is 81.4 Å². The Balaban J connectivity index is 1.91. The molecule has 1 aromatic heterocycles. The van der Waals surface area contributed by atoms with Gasteiger partial charge in [-0.1, -0.05) is 41.7 Å². The number of rotatable bonds is 6. The van der Waals surface area contributed by atoms with E-state index < -0.39 is 23.7 Å². The highest BCUT2D eigenvalue weighted by atomic mass is 32.1. The van der Waals surface area contributed by atoms with Crippen molar-refractivity contribution in [3.8, 4) is 5.75 Å². The lowest BCUT2D eigenvalue weighted by Gasteiger charge is -2.23. The first kappa shape index (κ1) is 24.2. The van der Waals surface area contributed by atoms with Crippen LogP contribution in [0, 0.1) is 13.8 Å². The molecule has 1 N–H and O–H groups in total. The molecule has 0 saturated carbocycles. The average molecular weight is 493 g/mol. The molecule has 9 heteroatoms. The highest BCUT2D eigenvalue weighted by Crippen LogP contribution is 2.44. The van der Waals surface area contributed by atoms with E-state index in [1.807, 2.05) is 6.07 Å². The van der Waals surface area contributed by atoms with Gasteiger partial charge in [0.25, 0.3) is 5.78 Å². The van der Waals surface area contributed by atoms with Crippen molar-refractivity contribution in [3.63, 3.8) is 0 Å². The molecule has 1 fully saturated rings. The summed E-state index contributed by atoms with van der Waals surface area (Å²) in [6, 6.07) is 13.0. The van der Waals surface area contributed by atoms with Gasteiger partial charge in [0.05, 0.1) is 31.0 Å². The maximum Gasteiger partial charge on any atom is 0.350 e. The van der Waals surface area contributed by atoms with Gasteiger partial charge in [0, 0.05) is 5.56 Å². The monoisotopic (exact) mass is 492 g/mol. The van der Waals surface area contributed by atoms with E-state index in [0.717, 1.165) is 11.3 Å². The zero-order chi connectivity index (χ0) is 25.3. The predicted octanol–water partition coefficient (Wildman–Crippen LogP) is 4.57. The number of aromatic nitrogens is 1. The Morgan fingerprint density at radius 1 is 1.14 bits per heavy atom. The van der Waals surface area contributed by atoms with Gasteiger partial charge in [-0.25, -0.2) is 9.78 Å². The average Bonchev–Trinajstić information content (AvgIpc) is 3.36. The number of ketones is 1. The van der Waals surface area contributed by atoms with Crippen LogP contribution in [-0.4, -0.2) is 41.5 Å². The molecule has 35 heavy (non-hydrogen) atoms. The van der Waals surface area contributed by atoms with E-state index >= 15 is 0 Å². The summed E-state index contributed by atoms with van der Waals surface area (Å²) in [6.07, 6.45) is 0. The number of esters is 1. The fourth-order valence-corrected chi connectivity index (χ4v) is 5.01. The van der Waals surface area contributed by atoms with E-state index in [4.69, 9.17) is 9.47 Å². The first-order valence-corrected chi connectivity index (χ1v) is 11.8. The molecule has 1 aliphatic heterocycles. The van der Waals surface area contributed by atoms with Crippen LogP contribution >= 0.6 is 11.3 Å². The zero-order valence-electron chi connectivity index (χ0n) is 19.7. The molecule has 2 aromatic carbocycles. The molecular formula is C26H24N2O6S. The topological polar surface area (TPSA) is 106 Å². The minimum Gasteiger partial charge on any atom is -0.507 e. The lowest BCUT2D eigenvalue weighted by molar-refractivity contribution is -0.132. The van der Waals surface area contributed by atoms with E-state index in [0.29, 0.717) is 28.1 Å². The lowest BCUT2D eigenvalue weighted by Crippen LogP contribution is -2.29. The third-order valence-corrected chi connectivity index (χ3v) is 6.84. The third kappa shape index (κ3) is 4.30. The van der Waals surface area contributed by atoms with Crippen LogP contribution in [-0.2, 0) is 14.3 Å². The van der Waals surface area contributed by atoms with Crippen LogP contribution in [0.15, 0.2) is 54.1 Å². The summed E-state index contributed by atoms with van der Waals surface area (Å²) < 4.78 is 10.3. The normalized spacial score (nSPS) is 17.0. The van der Waals surface area contributed by atoms with Gasteiger partial charge in [-0.15, -0.1) is 0 Å². The first-order valence-electron chi connectivity index (χ1n) is 10.9. The zero-order valence-corrected chi connectivity index (χ0v) is 20.5. The number of methoxy groups -OCH3 is 1. The molecule has 8 nitrogen and oxygen atoms in total. The second kappa shape index (κ2) is 9.71. The number of nitrogens with zero attached hydrogens (tertiary/aromatic N) is 2. The molecule has 0 unspecified atom stereocenters. The quantitative estimate of drug-likeness (QED) is 0.232. The summed E-state index contributed by atoms with van der Waals surface area (Å²) in [6.45, 7) is 5.31. The number of carbonyl (C=O) groups excluding carboxylic acids is 3. The second-order valence-electron chi connectivity index (χ2n) is 7.89. The molecule has 0 radical (unpaired) electrons. The molecule has 1 atom stereocenters. The van der Waals surface area contributed by atoms with E-state index in [1.165, 1.54) is 12.0 Å². The summed E-state index contributed by atoms with van der Waals surface area (Å²) in [4.78, 5) is 44.9. The van der Waals surface area contributed by atoms with E-state index in [1.54, 1.807) is 63.2 Å². The summed E-state index contributed by atoms with van der Waals surface area (Å²) in [5.41, 5.74) is 2.04. The Morgan fingerprint density at radius 3 is 2.49 bits per heavy atom. The minimum atomic E-state index is -0.932. The fourth-order valence-electron chi connectivity index (χ4n) is 4.03. The summed E-state index contributed by atoms with van der Waals surface area (Å²) in [7, 11) is 1.54. The molecule has 2 heterocycles. The van der Waals surface area contributed by atoms with Gasteiger partial charge in [-0.3, -0.25) is 14.5 Å². The SMILES string of the molecule is CCOC(=O)c1sc(N2C(=O)C(=O)/C(=C(/O)c3ccc(OC)cc3C)[C@H]2c2ccccc2)nc1C. The Kier molecular flexibility index (Phi) is 6.70. The molecule has 0 bridgehead atoms. The number of anilines is 1. The largest absolute Gasteiger partial charge is 0.507 e. The van der Waals surface area contributed by atoms with Crippen molar-refractivity contribution < 1.29 is 29.0 Å². The standard InChI is InChI=1S/C26H24N2O6S/c1-5-34-25(32)23-15(3)27-26(35-23)28-20(16-9-7-6-8-10-16)19(22(30)24(28)31)21(29)18-12-11-17(33-4)13-14(18)2/h6-13,20,29H,5H2,1-4H3/b21-19+/t20-/m1/s1. The molecule has 1 aliphatic rings. The maximum atomic E-state index is 13.3. The van der Waals surface area contributed by atoms with Gasteiger partial charge in [0.15, 0.2) is 5.13 Å². The number of thiazole rings is 1. The van der Waals surface area contributed by atoms with Gasteiger partial charge in [-0.2, -0.15) is 0 Å². The third-order valence-electron chi connectivity index (χ3n) is 5.70. The number of aryl methyl sites for hydroxylation is 2. The molecule has 3 aromatic rings. The maximum absolute atomic E-state index is 13.3. The van der Waals surface area contributed by atoms with Crippen LogP contribution < -0.4 is 9.64 Å². The van der Waals surface area contributed by atoms with Crippen molar-refractivity contribution in [2.24, 2.45) is 0 Å². The van der Waals surface area contributed by atoms with E-state index in [2.05, 4.69) is 4.98 Å². The number of hydrogen-bond donors (Lipinski definition) is 1. The summed E-state index contributed by atoms with van der Waals surface area (Å²) in [5.74, 6) is -1.91. The molecular weight excluding hydrogens is 468 g/mol. The van der Waals surface area contributed by atoms with Crippen LogP contribution in [0.25, 0.3) is 5.76 Å². The van der Waals surface area contributed by atoms with Gasteiger partial charge in [0.1, 0.15) is 16.4 Å². The first-order chi connectivity index (χ1) is 16.8. The molecule has 1 saturated heterocycles. The number of aliphatic hydroxyl groups excluding tert-OH is 1. The summed E-state index contributed by atoms with van der Waals surface area (Å²) in [5, 5.41) is 11.5. The van der Waals surface area contributed by atoms with E-state index in [-0.39, 0.29) is 27.9 Å². The fraction of sp³-hybridized carbons (Fsp3) is 0.231. The number of amides is 1. The number of aliphatic hydroxyl groups is 1. The van der Waals surface area contributed by atoms with Crippen molar-refractivity contribution >= 4 is 39.9 Å². The Hall–Kier alpha value is -3.98. The number of benzene rings is 2. The highest BCUT2D eigenvalue weighted by molar-refractivity contribution is 7.17. The van der Waals surface area contributed by atoms with Crippen molar-refractivity contribution in [2.45, 2.75) is 26.8 Å². The van der Waals surface area contributed by atoms with Gasteiger partial charge < -0.3 is 14.6 Å². The molecule has 4 rings (SSSR count). The van der Waals surface area contributed by atoms with Crippen LogP contribution in [0.2, 0.25) is 0 Å². The van der Waals surface area contributed by atoms with E-state index in [9.17, 15) is 19.5 Å². The Labute approximate surface area is 206 Å². The van der Waals surface area contributed by atoms with Crippen molar-refractivity contribution in [1.29, 1.82) is 0 Å². The van der Waals surface area contributed by atoms with Crippen LogP contribution in [0.1, 0.15) is 45.0 Å². The number of ether oxygens (including phenoxy) is 2. The second-order valence-corrected chi connectivity index (χ2v) is 8.87. The van der Waals surface area contributed by atoms with Crippen molar-refractivity contribution in [1.82, 2.24) is 4.98 Å². The lowest BCUT2D eigenvalue weighted by atomic mass is 9.94. The van der Waals surface area contributed by atoms with Gasteiger partial charge in [-0.05, 0) is 50.1 Å². The van der Waals surface area contributed by atoms with Crippen LogP contribution in [0.5, 0.6) is 5.75 Å². The summed E-state index contributed by atoms with van der Waals surface area (Å²) >= 11 is 0.973. The Morgan fingerprint density at radius 2 is 1.86 bits per heavy atom. The van der Waals surface area contributed by atoms with Crippen LogP contribution in [0.3, 0.4) is 0 Å². The molecule has 180 valence electrons. The predicted molar refractivity (Wildman–Crippen MR) is 132 cm³/mol. The highest BCUT2D eigenvalue weighted by Gasteiger charge is 2.48. The minimum absolute atomic E-state index is 0.0556. The number of hydrogen-bond acceptors (Lipinski definition) is 8. The Bertz CT molecular complexity index is 1350. The number of carbonyl (C=O) groups is 3. The van der Waals surface area contributed by atoms with Crippen LogP contribution in [0.4, 0.5) is 5.13 Å². The molecule has 0 spiro atoms. The molecule has 1 amide bonds. The van der Waals surface area contributed by atoms with Gasteiger partial charge >= 0.3 is 11.9 Å². The smallest absolute Gasteiger partial charge is 0.350 e. The van der Waals surface area contributed by atoms with Gasteiger partial charge in [0.2, 0.25) is 0 Å². The van der Waals surface area contributed by atoms with Crippen molar-refractivity contribution in [2.75, 3.05) is 18.6 Å². The molecule has 0 aliphatic carbocycles. The number of Topliss-reactive ketones (excluding diaryl/α,β-unsaturated/α-hetero) is 1.